The van der Waals surface area contributed by atoms with Gasteiger partial charge in [0.25, 0.3) is 5.69 Å². The summed E-state index contributed by atoms with van der Waals surface area (Å²) in [6.45, 7) is 6.95. The minimum Gasteiger partial charge on any atom is -0.379 e. The molecule has 10 heteroatoms. The zero-order valence-corrected chi connectivity index (χ0v) is 16.0. The normalized spacial score (nSPS) is 16.7. The summed E-state index contributed by atoms with van der Waals surface area (Å²) in [5, 5.41) is 15.4. The Balaban J connectivity index is 2.47. The topological polar surface area (TPSA) is 114 Å². The van der Waals surface area contributed by atoms with Crippen LogP contribution in [-0.2, 0) is 14.8 Å². The molecule has 0 spiro atoms. The van der Waals surface area contributed by atoms with Gasteiger partial charge in [0, 0.05) is 30.9 Å². The molecule has 0 aliphatic carbocycles. The lowest BCUT2D eigenvalue weighted by Gasteiger charge is -2.26. The van der Waals surface area contributed by atoms with Gasteiger partial charge >= 0.3 is 0 Å². The highest BCUT2D eigenvalue weighted by molar-refractivity contribution is 7.89. The van der Waals surface area contributed by atoms with Crippen molar-refractivity contribution in [3.8, 4) is 0 Å². The lowest BCUT2D eigenvalue weighted by Crippen LogP contribution is -2.40. The fourth-order valence-electron chi connectivity index (χ4n) is 2.60. The molecule has 1 aromatic carbocycles. The molecule has 0 amide bonds. The quantitative estimate of drug-likeness (QED) is 0.439. The third-order valence-electron chi connectivity index (χ3n) is 4.11. The number of sulfonamides is 1. The van der Waals surface area contributed by atoms with Crippen molar-refractivity contribution in [2.45, 2.75) is 32.1 Å². The van der Waals surface area contributed by atoms with E-state index in [0.717, 1.165) is 11.8 Å². The molecule has 1 fully saturated rings. The Hall–Kier alpha value is -2.04. The molecule has 1 heterocycles. The monoisotopic (exact) mass is 384 g/mol. The van der Waals surface area contributed by atoms with E-state index in [4.69, 9.17) is 4.74 Å². The first kappa shape index (κ1) is 20.3. The van der Waals surface area contributed by atoms with E-state index in [1.807, 2.05) is 20.8 Å². The van der Waals surface area contributed by atoms with Crippen LogP contribution < -0.4 is 5.43 Å². The summed E-state index contributed by atoms with van der Waals surface area (Å²) in [7, 11) is -3.91. The molecule has 0 saturated carbocycles. The van der Waals surface area contributed by atoms with Crippen molar-refractivity contribution in [2.24, 2.45) is 11.0 Å². The molecule has 0 unspecified atom stereocenters. The van der Waals surface area contributed by atoms with Crippen LogP contribution in [0.15, 0.2) is 28.2 Å². The van der Waals surface area contributed by atoms with Gasteiger partial charge in [0.05, 0.1) is 23.8 Å². The minimum absolute atomic E-state index is 0.156. The van der Waals surface area contributed by atoms with Gasteiger partial charge in [0.2, 0.25) is 10.0 Å². The van der Waals surface area contributed by atoms with Crippen LogP contribution in [-0.4, -0.2) is 49.7 Å². The number of morpholine rings is 1. The Morgan fingerprint density at radius 3 is 2.58 bits per heavy atom. The van der Waals surface area contributed by atoms with Crippen molar-refractivity contribution >= 4 is 27.1 Å². The van der Waals surface area contributed by atoms with E-state index in [-0.39, 0.29) is 35.3 Å². The van der Waals surface area contributed by atoms with E-state index in [0.29, 0.717) is 19.6 Å². The van der Waals surface area contributed by atoms with Crippen molar-refractivity contribution < 1.29 is 18.1 Å². The number of anilines is 1. The molecule has 0 radical (unpaired) electrons. The molecule has 26 heavy (non-hydrogen) atoms. The van der Waals surface area contributed by atoms with Gasteiger partial charge in [-0.1, -0.05) is 20.8 Å². The van der Waals surface area contributed by atoms with Crippen LogP contribution in [0.5, 0.6) is 0 Å². The lowest BCUT2D eigenvalue weighted by atomic mass is 10.1. The molecular formula is C16H24N4O5S. The minimum atomic E-state index is -3.91. The second-order valence-corrected chi connectivity index (χ2v) is 8.08. The van der Waals surface area contributed by atoms with Gasteiger partial charge in [-0.05, 0) is 18.4 Å². The zero-order chi connectivity index (χ0) is 19.3. The number of hydrogen-bond acceptors (Lipinski definition) is 7. The van der Waals surface area contributed by atoms with Gasteiger partial charge in [-0.15, -0.1) is 0 Å². The number of nitro benzene ring substituents is 1. The maximum Gasteiger partial charge on any atom is 0.270 e. The molecule has 9 nitrogen and oxygen atoms in total. The van der Waals surface area contributed by atoms with Gasteiger partial charge in [-0.25, -0.2) is 8.42 Å². The van der Waals surface area contributed by atoms with Crippen LogP contribution >= 0.6 is 0 Å². The first-order valence-electron chi connectivity index (χ1n) is 8.46. The van der Waals surface area contributed by atoms with Gasteiger partial charge in [0.1, 0.15) is 4.90 Å². The number of nitrogens with zero attached hydrogens (tertiary/aromatic N) is 3. The number of nitro groups is 1. The third kappa shape index (κ3) is 4.57. The summed E-state index contributed by atoms with van der Waals surface area (Å²) < 4.78 is 32.4. The number of non-ortho nitro benzene ring substituents is 1. The molecule has 1 aliphatic rings. The predicted octanol–water partition coefficient (Wildman–Crippen LogP) is 2.45. The number of hydrazone groups is 1. The maximum atomic E-state index is 13.0. The van der Waals surface area contributed by atoms with Crippen LogP contribution in [0.25, 0.3) is 0 Å². The van der Waals surface area contributed by atoms with Crippen LogP contribution in [0.2, 0.25) is 0 Å². The second kappa shape index (κ2) is 8.56. The zero-order valence-electron chi connectivity index (χ0n) is 15.1. The Morgan fingerprint density at radius 1 is 1.38 bits per heavy atom. The fourth-order valence-corrected chi connectivity index (χ4v) is 4.17. The first-order valence-corrected chi connectivity index (χ1v) is 9.90. The summed E-state index contributed by atoms with van der Waals surface area (Å²) in [6, 6.07) is 3.71. The number of hydrogen-bond donors (Lipinski definition) is 1. The standard InChI is InChI=1S/C16H24N4O5S/c1-4-14(12(2)3)17-18-15-6-5-13(20(21)22)11-16(15)26(23,24)19-7-9-25-10-8-19/h5-6,11-12,18H,4,7-10H2,1-3H3/b17-14-. The summed E-state index contributed by atoms with van der Waals surface area (Å²) in [5.41, 5.74) is 3.59. The Bertz CT molecular complexity index is 786. The molecule has 1 N–H and O–H groups in total. The number of ether oxygens (including phenoxy) is 1. The lowest BCUT2D eigenvalue weighted by molar-refractivity contribution is -0.385. The molecule has 0 bridgehead atoms. The maximum absolute atomic E-state index is 13.0. The highest BCUT2D eigenvalue weighted by atomic mass is 32.2. The third-order valence-corrected chi connectivity index (χ3v) is 6.05. The molecule has 0 atom stereocenters. The van der Waals surface area contributed by atoms with E-state index in [9.17, 15) is 18.5 Å². The van der Waals surface area contributed by atoms with Crippen LogP contribution in [0.4, 0.5) is 11.4 Å². The molecule has 2 rings (SSSR count). The van der Waals surface area contributed by atoms with E-state index >= 15 is 0 Å². The molecule has 144 valence electrons. The van der Waals surface area contributed by atoms with Crippen molar-refractivity contribution in [1.82, 2.24) is 4.31 Å². The first-order chi connectivity index (χ1) is 12.3. The number of benzene rings is 1. The molecule has 1 aromatic rings. The second-order valence-electron chi connectivity index (χ2n) is 6.18. The largest absolute Gasteiger partial charge is 0.379 e. The average molecular weight is 384 g/mol. The van der Waals surface area contributed by atoms with E-state index in [2.05, 4.69) is 10.5 Å². The van der Waals surface area contributed by atoms with Gasteiger partial charge in [0.15, 0.2) is 0 Å². The highest BCUT2D eigenvalue weighted by Crippen LogP contribution is 2.29. The van der Waals surface area contributed by atoms with Crippen molar-refractivity contribution in [2.75, 3.05) is 31.7 Å². The van der Waals surface area contributed by atoms with E-state index in [1.54, 1.807) is 0 Å². The van der Waals surface area contributed by atoms with Gasteiger partial charge in [-0.3, -0.25) is 15.5 Å². The van der Waals surface area contributed by atoms with Crippen LogP contribution in [0.3, 0.4) is 0 Å². The predicted molar refractivity (Wildman–Crippen MR) is 98.9 cm³/mol. The smallest absolute Gasteiger partial charge is 0.270 e. The summed E-state index contributed by atoms with van der Waals surface area (Å²) in [5.74, 6) is 0.199. The molecular weight excluding hydrogens is 360 g/mol. The van der Waals surface area contributed by atoms with E-state index in [1.165, 1.54) is 16.4 Å². The molecule has 0 aromatic heterocycles. The Kier molecular flexibility index (Phi) is 6.68. The van der Waals surface area contributed by atoms with Gasteiger partial charge < -0.3 is 4.74 Å². The SMILES string of the molecule is CC/C(=N/Nc1ccc([N+](=O)[O-])cc1S(=O)(=O)N1CCOCC1)C(C)C. The summed E-state index contributed by atoms with van der Waals surface area (Å²) in [4.78, 5) is 10.3. The van der Waals surface area contributed by atoms with Crippen molar-refractivity contribution in [1.29, 1.82) is 0 Å². The summed E-state index contributed by atoms with van der Waals surface area (Å²) >= 11 is 0. The van der Waals surface area contributed by atoms with Gasteiger partial charge in [-0.2, -0.15) is 9.41 Å². The summed E-state index contributed by atoms with van der Waals surface area (Å²) in [6.07, 6.45) is 0.712. The Morgan fingerprint density at radius 2 is 2.04 bits per heavy atom. The highest BCUT2D eigenvalue weighted by Gasteiger charge is 2.30. The fraction of sp³-hybridized carbons (Fsp3) is 0.562. The van der Waals surface area contributed by atoms with Crippen LogP contribution in [0.1, 0.15) is 27.2 Å². The Labute approximate surface area is 153 Å². The number of nitrogens with one attached hydrogen (secondary N) is 1. The molecule has 1 aliphatic heterocycles. The number of rotatable bonds is 7. The average Bonchev–Trinajstić information content (AvgIpc) is 2.62. The van der Waals surface area contributed by atoms with Crippen LogP contribution in [0, 0.1) is 16.0 Å². The molecule has 1 saturated heterocycles. The van der Waals surface area contributed by atoms with Crippen molar-refractivity contribution in [3.63, 3.8) is 0 Å². The van der Waals surface area contributed by atoms with E-state index < -0.39 is 14.9 Å². The van der Waals surface area contributed by atoms with Crippen molar-refractivity contribution in [3.05, 3.63) is 28.3 Å².